The molecule has 0 spiro atoms. The first-order valence-electron chi connectivity index (χ1n) is 20.7. The van der Waals surface area contributed by atoms with Crippen LogP contribution in [0.5, 0.6) is 0 Å². The molecule has 9 aromatic carbocycles. The molecule has 9 aromatic rings. The van der Waals surface area contributed by atoms with Gasteiger partial charge in [-0.25, -0.2) is 0 Å². The molecule has 0 saturated carbocycles. The van der Waals surface area contributed by atoms with Crippen molar-refractivity contribution in [2.75, 3.05) is 4.90 Å². The van der Waals surface area contributed by atoms with Crippen LogP contribution in [0.15, 0.2) is 224 Å². The third kappa shape index (κ3) is 5.51. The van der Waals surface area contributed by atoms with Gasteiger partial charge in [0.05, 0.1) is 5.41 Å². The number of rotatable bonds is 7. The van der Waals surface area contributed by atoms with Gasteiger partial charge in [-0.1, -0.05) is 195 Å². The van der Waals surface area contributed by atoms with E-state index in [1.54, 1.807) is 0 Å². The van der Waals surface area contributed by atoms with Crippen LogP contribution in [0, 0.1) is 0 Å². The summed E-state index contributed by atoms with van der Waals surface area (Å²) in [5, 5.41) is 3.00. The van der Waals surface area contributed by atoms with E-state index in [1.165, 1.54) is 82.8 Å². The fourth-order valence-corrected chi connectivity index (χ4v) is 13.3. The first-order chi connectivity index (χ1) is 29.0. The summed E-state index contributed by atoms with van der Waals surface area (Å²) in [6, 6.07) is 83.6. The molecule has 59 heavy (non-hydrogen) atoms. The fourth-order valence-electron chi connectivity index (χ4n) is 10.2. The molecule has 0 aromatic heterocycles. The van der Waals surface area contributed by atoms with Crippen LogP contribution in [0.4, 0.5) is 17.1 Å². The molecular weight excluding hydrogens is 727 g/mol. The largest absolute Gasteiger partial charge is 0.310 e. The fraction of sp³-hybridized carbons (Fsp3) is 0.0526. The topological polar surface area (TPSA) is 3.24 Å². The first-order valence-corrected chi connectivity index (χ1v) is 23.7. The Bertz CT molecular complexity index is 2920. The monoisotopic (exact) mass is 769 g/mol. The molecular formula is C57H43NSi. The molecule has 11 rings (SSSR count). The van der Waals surface area contributed by atoms with Crippen LogP contribution in [0.25, 0.3) is 44.5 Å². The van der Waals surface area contributed by atoms with Crippen molar-refractivity contribution in [1.29, 1.82) is 0 Å². The zero-order chi connectivity index (χ0) is 39.6. The number of anilines is 3. The molecule has 0 bridgehead atoms. The summed E-state index contributed by atoms with van der Waals surface area (Å²) in [6.45, 7) is 5.02. The summed E-state index contributed by atoms with van der Waals surface area (Å²) >= 11 is 0. The summed E-state index contributed by atoms with van der Waals surface area (Å²) in [4.78, 5) is 2.52. The van der Waals surface area contributed by atoms with E-state index in [0.717, 1.165) is 11.4 Å². The van der Waals surface area contributed by atoms with Crippen molar-refractivity contribution in [3.05, 3.63) is 247 Å². The number of fused-ring (bicyclic) bond motifs is 6. The Morgan fingerprint density at radius 3 is 1.44 bits per heavy atom. The number of nitrogens with zero attached hydrogens (tertiary/aromatic N) is 1. The maximum absolute atomic E-state index is 2.52. The van der Waals surface area contributed by atoms with Gasteiger partial charge < -0.3 is 4.90 Å². The first kappa shape index (κ1) is 35.2. The number of hydrogen-bond donors (Lipinski definition) is 0. The lowest BCUT2D eigenvalue weighted by Crippen LogP contribution is -2.49. The highest BCUT2D eigenvalue weighted by Gasteiger charge is 2.46. The van der Waals surface area contributed by atoms with Gasteiger partial charge in [0, 0.05) is 17.1 Å². The van der Waals surface area contributed by atoms with E-state index in [0.29, 0.717) is 0 Å². The second kappa shape index (κ2) is 13.8. The maximum atomic E-state index is 2.52. The quantitative estimate of drug-likeness (QED) is 0.146. The summed E-state index contributed by atoms with van der Waals surface area (Å²) in [6.07, 6.45) is 0. The molecule has 0 radical (unpaired) electrons. The van der Waals surface area contributed by atoms with E-state index in [-0.39, 0.29) is 0 Å². The van der Waals surface area contributed by atoms with Crippen LogP contribution in [0.2, 0.25) is 13.1 Å². The van der Waals surface area contributed by atoms with Crippen molar-refractivity contribution in [3.8, 4) is 44.5 Å². The zero-order valence-electron chi connectivity index (χ0n) is 33.3. The third-order valence-corrected chi connectivity index (χ3v) is 16.5. The zero-order valence-corrected chi connectivity index (χ0v) is 34.3. The van der Waals surface area contributed by atoms with Gasteiger partial charge in [-0.05, 0) is 120 Å². The Labute approximate surface area is 348 Å². The molecule has 2 heteroatoms. The van der Waals surface area contributed by atoms with Crippen molar-refractivity contribution >= 4 is 35.5 Å². The molecule has 1 nitrogen and oxygen atoms in total. The van der Waals surface area contributed by atoms with Gasteiger partial charge in [-0.2, -0.15) is 0 Å². The van der Waals surface area contributed by atoms with Crippen LogP contribution >= 0.6 is 0 Å². The maximum Gasteiger partial charge on any atom is 0.113 e. The minimum atomic E-state index is -1.98. The van der Waals surface area contributed by atoms with E-state index in [1.807, 2.05) is 0 Å². The molecule has 1 aliphatic heterocycles. The summed E-state index contributed by atoms with van der Waals surface area (Å²) in [5.74, 6) is 0. The standard InChI is InChI=1S/C57H43NSi/c1-59(2)55-32-17-14-29-51(55)52-34-33-47(39-56(52)59)58(48-36-42(40-19-6-3-7-20-40)35-43(37-48)41-21-8-4-9-22-41)46-26-18-25-45(38-46)57(44-23-10-5-11-24-44)53-30-15-12-27-49(53)50-28-13-16-31-54(50)57/h3-39H,1-2H3. The molecule has 2 aliphatic rings. The molecule has 0 unspecified atom stereocenters. The number of benzene rings is 9. The summed E-state index contributed by atoms with van der Waals surface area (Å²) in [7, 11) is -1.98. The predicted molar refractivity (Wildman–Crippen MR) is 251 cm³/mol. The lowest BCUT2D eigenvalue weighted by atomic mass is 9.67. The Morgan fingerprint density at radius 1 is 0.322 bits per heavy atom. The minimum Gasteiger partial charge on any atom is -0.310 e. The van der Waals surface area contributed by atoms with E-state index >= 15 is 0 Å². The molecule has 0 amide bonds. The molecule has 0 atom stereocenters. The van der Waals surface area contributed by atoms with Crippen molar-refractivity contribution in [3.63, 3.8) is 0 Å². The van der Waals surface area contributed by atoms with Gasteiger partial charge in [0.2, 0.25) is 0 Å². The van der Waals surface area contributed by atoms with Crippen LogP contribution in [0.3, 0.4) is 0 Å². The third-order valence-electron chi connectivity index (χ3n) is 12.9. The Hall–Kier alpha value is -7.00. The van der Waals surface area contributed by atoms with Crippen LogP contribution in [-0.4, -0.2) is 8.07 Å². The highest BCUT2D eigenvalue weighted by molar-refractivity contribution is 7.03. The normalized spacial score (nSPS) is 13.9. The van der Waals surface area contributed by atoms with Crippen molar-refractivity contribution in [2.24, 2.45) is 0 Å². The highest BCUT2D eigenvalue weighted by Crippen LogP contribution is 2.56. The molecule has 0 fully saturated rings. The van der Waals surface area contributed by atoms with Gasteiger partial charge in [-0.3, -0.25) is 0 Å². The van der Waals surface area contributed by atoms with Gasteiger partial charge in [-0.15, -0.1) is 0 Å². The van der Waals surface area contributed by atoms with Gasteiger partial charge in [0.15, 0.2) is 0 Å². The molecule has 1 heterocycles. The average Bonchev–Trinajstić information content (AvgIpc) is 3.73. The second-order valence-corrected chi connectivity index (χ2v) is 20.8. The van der Waals surface area contributed by atoms with Crippen LogP contribution in [-0.2, 0) is 5.41 Å². The summed E-state index contributed by atoms with van der Waals surface area (Å²) in [5.41, 5.74) is 18.2. The van der Waals surface area contributed by atoms with Gasteiger partial charge >= 0.3 is 0 Å². The van der Waals surface area contributed by atoms with E-state index in [2.05, 4.69) is 242 Å². The van der Waals surface area contributed by atoms with Crippen molar-refractivity contribution in [2.45, 2.75) is 18.5 Å². The van der Waals surface area contributed by atoms with Crippen LogP contribution < -0.4 is 15.3 Å². The van der Waals surface area contributed by atoms with E-state index in [9.17, 15) is 0 Å². The van der Waals surface area contributed by atoms with Gasteiger partial charge in [0.25, 0.3) is 0 Å². The Balaban J connectivity index is 1.19. The van der Waals surface area contributed by atoms with Crippen molar-refractivity contribution < 1.29 is 0 Å². The molecule has 1 aliphatic carbocycles. The smallest absolute Gasteiger partial charge is 0.113 e. The summed E-state index contributed by atoms with van der Waals surface area (Å²) < 4.78 is 0. The lowest BCUT2D eigenvalue weighted by Gasteiger charge is -2.35. The predicted octanol–water partition coefficient (Wildman–Crippen LogP) is 13.7. The van der Waals surface area contributed by atoms with Gasteiger partial charge in [0.1, 0.15) is 8.07 Å². The number of hydrogen-bond acceptors (Lipinski definition) is 1. The van der Waals surface area contributed by atoms with Crippen LogP contribution in [0.1, 0.15) is 22.3 Å². The molecule has 280 valence electrons. The van der Waals surface area contributed by atoms with E-state index < -0.39 is 13.5 Å². The Kier molecular flexibility index (Phi) is 8.25. The highest BCUT2D eigenvalue weighted by atomic mass is 28.3. The minimum absolute atomic E-state index is 0.508. The second-order valence-electron chi connectivity index (χ2n) is 16.5. The van der Waals surface area contributed by atoms with E-state index in [4.69, 9.17) is 0 Å². The lowest BCUT2D eigenvalue weighted by molar-refractivity contribution is 0.768. The van der Waals surface area contributed by atoms with Crippen molar-refractivity contribution in [1.82, 2.24) is 0 Å². The molecule has 0 saturated heterocycles. The Morgan fingerprint density at radius 2 is 0.814 bits per heavy atom. The average molecular weight is 770 g/mol. The molecule has 0 N–H and O–H groups in total. The SMILES string of the molecule is C[Si]1(C)c2ccccc2-c2ccc(N(c3cc(-c4ccccc4)cc(-c4ccccc4)c3)c3cccc(C4(c5ccccc5)c5ccccc5-c5ccccc54)c3)cc21.